The Kier molecular flexibility index (Phi) is 9.49. The molecule has 44 heavy (non-hydrogen) atoms. The van der Waals surface area contributed by atoms with Gasteiger partial charge in [-0.2, -0.15) is 0 Å². The third kappa shape index (κ3) is 5.96. The van der Waals surface area contributed by atoms with E-state index in [0.29, 0.717) is 12.1 Å². The molecule has 1 nitrogen and oxygen atoms in total. The quantitative estimate of drug-likeness (QED) is 0.179. The van der Waals surface area contributed by atoms with Crippen molar-refractivity contribution < 1.29 is 4.74 Å². The van der Waals surface area contributed by atoms with E-state index in [9.17, 15) is 0 Å². The smallest absolute Gasteiger partial charge is 0.122 e. The largest absolute Gasteiger partial charge is 0.489 e. The molecule has 0 aromatic heterocycles. The number of rotatable bonds is 8. The minimum Gasteiger partial charge on any atom is -0.489 e. The predicted molar refractivity (Wildman–Crippen MR) is 200 cm³/mol. The molecule has 0 bridgehead atoms. The van der Waals surface area contributed by atoms with Gasteiger partial charge in [0.05, 0.1) is 8.80 Å². The fourth-order valence-electron chi connectivity index (χ4n) is 7.81. The Bertz CT molecular complexity index is 1470. The van der Waals surface area contributed by atoms with Crippen molar-refractivity contribution in [1.29, 1.82) is 0 Å². The summed E-state index contributed by atoms with van der Waals surface area (Å²) in [5.41, 5.74) is 12.2. The average molecular weight is 624 g/mol. The molecule has 1 radical (unpaired) electrons. The van der Waals surface area contributed by atoms with E-state index >= 15 is 0 Å². The van der Waals surface area contributed by atoms with Crippen LogP contribution in [0.15, 0.2) is 55.1 Å². The molecule has 0 amide bonds. The average Bonchev–Trinajstić information content (AvgIpc) is 3.25. The summed E-state index contributed by atoms with van der Waals surface area (Å²) in [6, 6.07) is 19.7. The lowest BCUT2D eigenvalue weighted by molar-refractivity contribution is 0.354. The standard InChI is InChI=1S/C41H59OSi2/c1-16-23-42-36-34(24-27(4)37(43(14)15)35(36)41(11,12)13)44(17-2,18-3)38-32-25-28(39(5,6)7)19-21-30(32)31-22-20-29(26-33(31)38)40(8,9)10/h16,19-22,24-26,38H,1,17-18,23H2,2-15H3. The second kappa shape index (κ2) is 12.1. The Morgan fingerprint density at radius 2 is 1.25 bits per heavy atom. The van der Waals surface area contributed by atoms with Crippen LogP contribution in [0.2, 0.25) is 25.2 Å². The Morgan fingerprint density at radius 1 is 0.773 bits per heavy atom. The summed E-state index contributed by atoms with van der Waals surface area (Å²) in [5, 5.41) is 3.07. The monoisotopic (exact) mass is 623 g/mol. The summed E-state index contributed by atoms with van der Waals surface area (Å²) in [7, 11) is -3.02. The maximum absolute atomic E-state index is 6.92. The van der Waals surface area contributed by atoms with E-state index < -0.39 is 16.9 Å². The van der Waals surface area contributed by atoms with Crippen LogP contribution < -0.4 is 15.1 Å². The lowest BCUT2D eigenvalue weighted by Crippen LogP contribution is -2.54. The molecule has 0 saturated carbocycles. The van der Waals surface area contributed by atoms with Gasteiger partial charge in [0.15, 0.2) is 0 Å². The molecule has 3 heteroatoms. The molecule has 1 aliphatic carbocycles. The van der Waals surface area contributed by atoms with Crippen molar-refractivity contribution in [1.82, 2.24) is 0 Å². The van der Waals surface area contributed by atoms with Gasteiger partial charge < -0.3 is 4.74 Å². The van der Waals surface area contributed by atoms with Crippen molar-refractivity contribution in [3.8, 4) is 16.9 Å². The van der Waals surface area contributed by atoms with E-state index in [1.165, 1.54) is 44.3 Å². The van der Waals surface area contributed by atoms with Crippen LogP contribution in [0.3, 0.4) is 0 Å². The van der Waals surface area contributed by atoms with Gasteiger partial charge in [0.25, 0.3) is 0 Å². The van der Waals surface area contributed by atoms with Crippen LogP contribution in [0.4, 0.5) is 0 Å². The Hall–Kier alpha value is -2.37. The second-order valence-corrected chi connectivity index (χ2v) is 23.9. The van der Waals surface area contributed by atoms with Crippen LogP contribution >= 0.6 is 0 Å². The number of benzene rings is 3. The third-order valence-corrected chi connectivity index (χ3v) is 17.5. The van der Waals surface area contributed by atoms with Gasteiger partial charge in [0.2, 0.25) is 0 Å². The minimum absolute atomic E-state index is 0.0273. The minimum atomic E-state index is -2.29. The normalized spacial score (nSPS) is 14.2. The number of aryl methyl sites for hydroxylation is 1. The maximum atomic E-state index is 6.92. The van der Waals surface area contributed by atoms with Gasteiger partial charge in [0.1, 0.15) is 20.4 Å². The SMILES string of the molecule is C=CCOc1c([Si](CC)(CC)C2c3cc(C(C)(C)C)ccc3-c3ccc(C(C)(C)C)cc32)cc(C)c([Si](C)C)c1C(C)(C)C. The summed E-state index contributed by atoms with van der Waals surface area (Å²) >= 11 is 0. The molecule has 1 aliphatic rings. The van der Waals surface area contributed by atoms with Crippen molar-refractivity contribution >= 4 is 27.2 Å². The molecule has 0 N–H and O–H groups in total. The van der Waals surface area contributed by atoms with Crippen molar-refractivity contribution in [2.75, 3.05) is 6.61 Å². The van der Waals surface area contributed by atoms with E-state index in [4.69, 9.17) is 4.74 Å². The molecule has 0 saturated heterocycles. The molecule has 0 aliphatic heterocycles. The highest BCUT2D eigenvalue weighted by Gasteiger charge is 2.49. The summed E-state index contributed by atoms with van der Waals surface area (Å²) in [5.74, 6) is 1.17. The van der Waals surface area contributed by atoms with Crippen LogP contribution in [0.5, 0.6) is 5.75 Å². The first kappa shape index (κ1) is 34.5. The summed E-state index contributed by atoms with van der Waals surface area (Å²) in [6.45, 7) is 38.0. The molecule has 0 fully saturated rings. The van der Waals surface area contributed by atoms with Crippen LogP contribution in [0.1, 0.15) is 115 Å². The van der Waals surface area contributed by atoms with Crippen molar-refractivity contribution in [2.45, 2.75) is 130 Å². The molecule has 0 unspecified atom stereocenters. The van der Waals surface area contributed by atoms with Crippen molar-refractivity contribution in [3.63, 3.8) is 0 Å². The van der Waals surface area contributed by atoms with Gasteiger partial charge in [-0.15, -0.1) is 0 Å². The molecule has 3 aromatic rings. The van der Waals surface area contributed by atoms with Gasteiger partial charge in [-0.25, -0.2) is 0 Å². The molecule has 0 atom stereocenters. The van der Waals surface area contributed by atoms with Crippen LogP contribution in [0.25, 0.3) is 11.1 Å². The fourth-order valence-corrected chi connectivity index (χ4v) is 14.9. The van der Waals surface area contributed by atoms with Gasteiger partial charge >= 0.3 is 0 Å². The first-order valence-electron chi connectivity index (χ1n) is 16.9. The van der Waals surface area contributed by atoms with E-state index in [1.807, 2.05) is 6.08 Å². The zero-order chi connectivity index (χ0) is 33.0. The van der Waals surface area contributed by atoms with Crippen molar-refractivity contribution in [2.24, 2.45) is 0 Å². The molecular weight excluding hydrogens is 565 g/mol. The zero-order valence-corrected chi connectivity index (χ0v) is 32.4. The van der Waals surface area contributed by atoms with Crippen molar-refractivity contribution in [3.05, 3.63) is 88.5 Å². The lowest BCUT2D eigenvalue weighted by Gasteiger charge is -2.41. The van der Waals surface area contributed by atoms with Crippen LogP contribution in [-0.4, -0.2) is 23.5 Å². The van der Waals surface area contributed by atoms with Gasteiger partial charge in [-0.3, -0.25) is 0 Å². The number of ether oxygens (including phenoxy) is 1. The Labute approximate surface area is 273 Å². The highest BCUT2D eigenvalue weighted by molar-refractivity contribution is 6.94. The Balaban J connectivity index is 2.20. The molecule has 3 aromatic carbocycles. The molecule has 0 spiro atoms. The van der Waals surface area contributed by atoms with Crippen LogP contribution in [-0.2, 0) is 16.2 Å². The summed E-state index contributed by atoms with van der Waals surface area (Å²) in [6.07, 6.45) is 1.92. The predicted octanol–water partition coefficient (Wildman–Crippen LogP) is 10.5. The number of hydrogen-bond acceptors (Lipinski definition) is 1. The summed E-state index contributed by atoms with van der Waals surface area (Å²) in [4.78, 5) is 0. The first-order valence-corrected chi connectivity index (χ1v) is 21.8. The highest BCUT2D eigenvalue weighted by Crippen LogP contribution is 2.53. The topological polar surface area (TPSA) is 9.23 Å². The van der Waals surface area contributed by atoms with Gasteiger partial charge in [0, 0.05) is 5.54 Å². The van der Waals surface area contributed by atoms with Gasteiger partial charge in [-0.1, -0.05) is 167 Å². The van der Waals surface area contributed by atoms with E-state index in [0.717, 1.165) is 12.1 Å². The number of hydrogen-bond donors (Lipinski definition) is 0. The highest BCUT2D eigenvalue weighted by atomic mass is 28.3. The number of fused-ring (bicyclic) bond motifs is 3. The van der Waals surface area contributed by atoms with E-state index in [2.05, 4.69) is 145 Å². The fraction of sp³-hybridized carbons (Fsp3) is 0.512. The van der Waals surface area contributed by atoms with E-state index in [-0.39, 0.29) is 16.2 Å². The third-order valence-electron chi connectivity index (χ3n) is 10.2. The molecule has 237 valence electrons. The van der Waals surface area contributed by atoms with E-state index in [1.54, 1.807) is 16.3 Å². The zero-order valence-electron chi connectivity index (χ0n) is 30.4. The Morgan fingerprint density at radius 3 is 1.61 bits per heavy atom. The lowest BCUT2D eigenvalue weighted by atomic mass is 9.85. The second-order valence-electron chi connectivity index (χ2n) is 16.6. The molecule has 4 rings (SSSR count). The first-order chi connectivity index (χ1) is 20.3. The molecule has 0 heterocycles. The van der Waals surface area contributed by atoms with Gasteiger partial charge in [-0.05, 0) is 67.3 Å². The summed E-state index contributed by atoms with van der Waals surface area (Å²) < 4.78 is 6.92. The molecular formula is C41H59OSi2. The maximum Gasteiger partial charge on any atom is 0.122 e. The van der Waals surface area contributed by atoms with Crippen LogP contribution in [0, 0.1) is 6.92 Å².